The summed E-state index contributed by atoms with van der Waals surface area (Å²) in [5.74, 6) is -1.07. The number of hydrogen-bond donors (Lipinski definition) is 4. The van der Waals surface area contributed by atoms with Crippen LogP contribution in [0.25, 0.3) is 11.1 Å². The number of amides is 2. The Labute approximate surface area is 152 Å². The monoisotopic (exact) mass is 356 g/mol. The number of rotatable bonds is 7. The summed E-state index contributed by atoms with van der Waals surface area (Å²) in [6.07, 6.45) is -0.174. The van der Waals surface area contributed by atoms with E-state index in [1.165, 1.54) is 18.0 Å². The minimum Gasteiger partial charge on any atom is -0.391 e. The van der Waals surface area contributed by atoms with E-state index in [9.17, 15) is 14.7 Å². The maximum Gasteiger partial charge on any atom is 0.251 e. The van der Waals surface area contributed by atoms with Crippen molar-refractivity contribution in [3.63, 3.8) is 0 Å². The molecule has 0 bridgehead atoms. The van der Waals surface area contributed by atoms with Gasteiger partial charge in [-0.15, -0.1) is 0 Å². The number of hydrogen-bond acceptors (Lipinski definition) is 4. The van der Waals surface area contributed by atoms with E-state index in [-0.39, 0.29) is 6.42 Å². The van der Waals surface area contributed by atoms with Gasteiger partial charge < -0.3 is 10.4 Å². The van der Waals surface area contributed by atoms with Crippen molar-refractivity contribution < 1.29 is 19.9 Å². The number of aliphatic hydroxyl groups is 1. The molecule has 2 atom stereocenters. The largest absolute Gasteiger partial charge is 0.391 e. The molecule has 6 heteroatoms. The second-order valence-electron chi connectivity index (χ2n) is 6.19. The van der Waals surface area contributed by atoms with Gasteiger partial charge in [-0.3, -0.25) is 14.8 Å². The predicted octanol–water partition coefficient (Wildman–Crippen LogP) is 2.29. The lowest BCUT2D eigenvalue weighted by Crippen LogP contribution is -2.45. The zero-order valence-electron chi connectivity index (χ0n) is 14.9. The van der Waals surface area contributed by atoms with Crippen LogP contribution in [0.1, 0.15) is 36.2 Å². The molecule has 0 fully saturated rings. The van der Waals surface area contributed by atoms with Crippen molar-refractivity contribution in [3.05, 3.63) is 59.7 Å². The van der Waals surface area contributed by atoms with E-state index in [1.54, 1.807) is 12.1 Å². The van der Waals surface area contributed by atoms with Gasteiger partial charge in [-0.05, 0) is 42.2 Å². The zero-order valence-corrected chi connectivity index (χ0v) is 14.9. The summed E-state index contributed by atoms with van der Waals surface area (Å²) < 4.78 is 0. The Hall–Kier alpha value is -2.70. The minimum atomic E-state index is -0.937. The molecule has 2 aromatic rings. The summed E-state index contributed by atoms with van der Waals surface area (Å²) in [6, 6.07) is 14.6. The molecule has 0 aliphatic carbocycles. The molecule has 4 N–H and O–H groups in total. The fourth-order valence-corrected chi connectivity index (χ4v) is 2.59. The van der Waals surface area contributed by atoms with Crippen molar-refractivity contribution in [2.24, 2.45) is 0 Å². The van der Waals surface area contributed by atoms with Gasteiger partial charge in [-0.1, -0.05) is 43.3 Å². The Morgan fingerprint density at radius 2 is 1.54 bits per heavy atom. The molecule has 2 rings (SSSR count). The van der Waals surface area contributed by atoms with Gasteiger partial charge >= 0.3 is 0 Å². The van der Waals surface area contributed by atoms with Crippen LogP contribution in [-0.4, -0.2) is 34.3 Å². The molecular weight excluding hydrogens is 332 g/mol. The van der Waals surface area contributed by atoms with Gasteiger partial charge in [0.1, 0.15) is 0 Å². The van der Waals surface area contributed by atoms with E-state index in [4.69, 9.17) is 5.21 Å². The third kappa shape index (κ3) is 5.15. The van der Waals surface area contributed by atoms with Crippen LogP contribution in [0.4, 0.5) is 0 Å². The number of carbonyl (C=O) groups is 2. The third-order valence-electron chi connectivity index (χ3n) is 4.27. The Balaban J connectivity index is 2.08. The van der Waals surface area contributed by atoms with Crippen LogP contribution in [0, 0.1) is 0 Å². The average molecular weight is 356 g/mol. The molecule has 0 aliphatic rings. The number of hydroxylamine groups is 1. The normalized spacial score (nSPS) is 12.9. The Kier molecular flexibility index (Phi) is 6.89. The first-order valence-corrected chi connectivity index (χ1v) is 8.55. The van der Waals surface area contributed by atoms with Crippen molar-refractivity contribution >= 4 is 11.8 Å². The molecule has 0 spiro atoms. The Bertz CT molecular complexity index is 739. The van der Waals surface area contributed by atoms with Crippen LogP contribution >= 0.6 is 0 Å². The summed E-state index contributed by atoms with van der Waals surface area (Å²) in [4.78, 5) is 23.6. The van der Waals surface area contributed by atoms with Crippen LogP contribution in [0.2, 0.25) is 0 Å². The average Bonchev–Trinajstić information content (AvgIpc) is 2.67. The molecule has 0 saturated carbocycles. The third-order valence-corrected chi connectivity index (χ3v) is 4.27. The predicted molar refractivity (Wildman–Crippen MR) is 98.7 cm³/mol. The quantitative estimate of drug-likeness (QED) is 0.452. The van der Waals surface area contributed by atoms with Gasteiger partial charge in [0.25, 0.3) is 5.91 Å². The molecule has 0 unspecified atom stereocenters. The number of benzene rings is 2. The SMILES string of the molecule is CCc1ccc(-c2ccc(C(=O)N[C@H](CC(=O)NO)[C@@H](C)O)cc2)cc1. The van der Waals surface area contributed by atoms with E-state index >= 15 is 0 Å². The highest BCUT2D eigenvalue weighted by Gasteiger charge is 2.21. The summed E-state index contributed by atoms with van der Waals surface area (Å²) in [7, 11) is 0. The number of aliphatic hydroxyl groups excluding tert-OH is 1. The van der Waals surface area contributed by atoms with Crippen molar-refractivity contribution in [3.8, 4) is 11.1 Å². The lowest BCUT2D eigenvalue weighted by atomic mass is 10.0. The molecule has 26 heavy (non-hydrogen) atoms. The Morgan fingerprint density at radius 1 is 1.00 bits per heavy atom. The van der Waals surface area contributed by atoms with E-state index in [0.717, 1.165) is 17.5 Å². The molecule has 0 radical (unpaired) electrons. The summed E-state index contributed by atoms with van der Waals surface area (Å²) in [5, 5.41) is 20.9. The second-order valence-corrected chi connectivity index (χ2v) is 6.19. The molecule has 0 heterocycles. The Morgan fingerprint density at radius 3 is 2.00 bits per heavy atom. The summed E-state index contributed by atoms with van der Waals surface area (Å²) in [5.41, 5.74) is 5.25. The molecule has 0 aromatic heterocycles. The standard InChI is InChI=1S/C20H24N2O4/c1-3-14-4-6-15(7-5-14)16-8-10-17(11-9-16)20(25)21-18(13(2)23)12-19(24)22-26/h4-11,13,18,23,26H,3,12H2,1-2H3,(H,21,25)(H,22,24)/t13-,18-/m1/s1. The van der Waals surface area contributed by atoms with Gasteiger partial charge in [-0.2, -0.15) is 0 Å². The minimum absolute atomic E-state index is 0.220. The highest BCUT2D eigenvalue weighted by Crippen LogP contribution is 2.20. The smallest absolute Gasteiger partial charge is 0.251 e. The van der Waals surface area contributed by atoms with Crippen LogP contribution in [0.3, 0.4) is 0 Å². The fraction of sp³-hybridized carbons (Fsp3) is 0.300. The fourth-order valence-electron chi connectivity index (χ4n) is 2.59. The maximum absolute atomic E-state index is 12.3. The zero-order chi connectivity index (χ0) is 19.1. The van der Waals surface area contributed by atoms with E-state index in [2.05, 4.69) is 24.4 Å². The van der Waals surface area contributed by atoms with E-state index in [1.807, 2.05) is 24.3 Å². The topological polar surface area (TPSA) is 98.7 Å². The molecule has 2 aromatic carbocycles. The first-order valence-electron chi connectivity index (χ1n) is 8.55. The lowest BCUT2D eigenvalue weighted by Gasteiger charge is -2.20. The van der Waals surface area contributed by atoms with Crippen molar-refractivity contribution in [1.29, 1.82) is 0 Å². The van der Waals surface area contributed by atoms with E-state index < -0.39 is 24.0 Å². The number of carbonyl (C=O) groups excluding carboxylic acids is 2. The highest BCUT2D eigenvalue weighted by molar-refractivity contribution is 5.95. The van der Waals surface area contributed by atoms with Gasteiger partial charge in [0.05, 0.1) is 18.6 Å². The van der Waals surface area contributed by atoms with Gasteiger partial charge in [-0.25, -0.2) is 5.48 Å². The highest BCUT2D eigenvalue weighted by atomic mass is 16.5. The van der Waals surface area contributed by atoms with Gasteiger partial charge in [0, 0.05) is 5.56 Å². The molecule has 138 valence electrons. The van der Waals surface area contributed by atoms with Crippen LogP contribution in [-0.2, 0) is 11.2 Å². The summed E-state index contributed by atoms with van der Waals surface area (Å²) >= 11 is 0. The molecule has 0 saturated heterocycles. The first-order chi connectivity index (χ1) is 12.4. The first kappa shape index (κ1) is 19.6. The molecule has 6 nitrogen and oxygen atoms in total. The van der Waals surface area contributed by atoms with Crippen molar-refractivity contribution in [2.75, 3.05) is 0 Å². The van der Waals surface area contributed by atoms with Gasteiger partial charge in [0.2, 0.25) is 5.91 Å². The maximum atomic E-state index is 12.3. The van der Waals surface area contributed by atoms with Crippen molar-refractivity contribution in [1.82, 2.24) is 10.8 Å². The van der Waals surface area contributed by atoms with Crippen molar-refractivity contribution in [2.45, 2.75) is 38.8 Å². The second kappa shape index (κ2) is 9.12. The molecular formula is C20H24N2O4. The number of nitrogens with one attached hydrogen (secondary N) is 2. The van der Waals surface area contributed by atoms with Crippen LogP contribution < -0.4 is 10.8 Å². The molecule has 0 aliphatic heterocycles. The van der Waals surface area contributed by atoms with Crippen LogP contribution in [0.5, 0.6) is 0 Å². The van der Waals surface area contributed by atoms with Crippen LogP contribution in [0.15, 0.2) is 48.5 Å². The van der Waals surface area contributed by atoms with E-state index in [0.29, 0.717) is 5.56 Å². The molecule has 2 amide bonds. The van der Waals surface area contributed by atoms with Gasteiger partial charge in [0.15, 0.2) is 0 Å². The lowest BCUT2D eigenvalue weighted by molar-refractivity contribution is -0.130. The summed E-state index contributed by atoms with van der Waals surface area (Å²) in [6.45, 7) is 3.58. The number of aryl methyl sites for hydroxylation is 1.